The maximum Gasteiger partial charge on any atom is 0.240 e. The Morgan fingerprint density at radius 2 is 1.86 bits per heavy atom. The number of hydrogen-bond donors (Lipinski definition) is 1. The van der Waals surface area contributed by atoms with Gasteiger partial charge in [-0.05, 0) is 55.3 Å². The highest BCUT2D eigenvalue weighted by Gasteiger charge is 2.22. The molecule has 1 heterocycles. The van der Waals surface area contributed by atoms with Crippen LogP contribution in [0.2, 0.25) is 0 Å². The third kappa shape index (κ3) is 4.45. The summed E-state index contributed by atoms with van der Waals surface area (Å²) in [6.07, 6.45) is 1.36. The Morgan fingerprint density at radius 1 is 1.11 bits per heavy atom. The van der Waals surface area contributed by atoms with Crippen LogP contribution in [0.4, 0.5) is 5.69 Å². The molecule has 2 aromatic carbocycles. The zero-order valence-corrected chi connectivity index (χ0v) is 16.8. The van der Waals surface area contributed by atoms with Crippen LogP contribution in [0.15, 0.2) is 47.4 Å². The molecule has 0 radical (unpaired) electrons. The Kier molecular flexibility index (Phi) is 6.21. The molecule has 3 rings (SSSR count). The first kappa shape index (κ1) is 20.2. The number of nitrogens with one attached hydrogen (secondary N) is 1. The van der Waals surface area contributed by atoms with Gasteiger partial charge in [0.1, 0.15) is 0 Å². The number of nitrogens with zero attached hydrogens (tertiary/aromatic N) is 1. The van der Waals surface area contributed by atoms with Crippen molar-refractivity contribution in [3.8, 4) is 11.5 Å². The summed E-state index contributed by atoms with van der Waals surface area (Å²) in [5.41, 5.74) is 1.48. The second-order valence-electron chi connectivity index (χ2n) is 6.39. The Bertz CT molecular complexity index is 942. The third-order valence-corrected chi connectivity index (χ3v) is 5.94. The summed E-state index contributed by atoms with van der Waals surface area (Å²) in [4.78, 5) is 13.6. The zero-order chi connectivity index (χ0) is 20.1. The van der Waals surface area contributed by atoms with Gasteiger partial charge in [0, 0.05) is 25.2 Å². The lowest BCUT2D eigenvalue weighted by Crippen LogP contribution is -2.25. The molecule has 0 unspecified atom stereocenters. The van der Waals surface area contributed by atoms with Crippen LogP contribution in [-0.2, 0) is 21.4 Å². The number of methoxy groups -OCH3 is 1. The minimum Gasteiger partial charge on any atom is -0.493 e. The average molecular weight is 404 g/mol. The smallest absolute Gasteiger partial charge is 0.240 e. The molecule has 1 saturated heterocycles. The summed E-state index contributed by atoms with van der Waals surface area (Å²) in [6, 6.07) is 11.7. The number of anilines is 1. The van der Waals surface area contributed by atoms with E-state index >= 15 is 0 Å². The molecule has 0 aromatic heterocycles. The first-order valence-corrected chi connectivity index (χ1v) is 10.6. The molecule has 1 aliphatic heterocycles. The molecule has 1 aliphatic rings. The van der Waals surface area contributed by atoms with Crippen molar-refractivity contribution in [2.75, 3.05) is 25.2 Å². The summed E-state index contributed by atoms with van der Waals surface area (Å²) in [5.74, 6) is 1.24. The molecule has 150 valence electrons. The number of carbonyl (C=O) groups is 1. The van der Waals surface area contributed by atoms with Crippen molar-refractivity contribution in [3.63, 3.8) is 0 Å². The number of ether oxygens (including phenoxy) is 2. The molecule has 0 spiro atoms. The molecule has 1 N–H and O–H groups in total. The molecule has 8 heteroatoms. The minimum atomic E-state index is -3.68. The van der Waals surface area contributed by atoms with E-state index in [4.69, 9.17) is 9.47 Å². The van der Waals surface area contributed by atoms with Gasteiger partial charge >= 0.3 is 0 Å². The Labute approximate surface area is 165 Å². The predicted octanol–water partition coefficient (Wildman–Crippen LogP) is 2.70. The van der Waals surface area contributed by atoms with Gasteiger partial charge in [-0.1, -0.05) is 6.07 Å². The van der Waals surface area contributed by atoms with Gasteiger partial charge in [-0.3, -0.25) is 4.79 Å². The van der Waals surface area contributed by atoms with Crippen molar-refractivity contribution < 1.29 is 22.7 Å². The van der Waals surface area contributed by atoms with Gasteiger partial charge in [-0.15, -0.1) is 0 Å². The fourth-order valence-electron chi connectivity index (χ4n) is 3.09. The van der Waals surface area contributed by atoms with E-state index in [0.29, 0.717) is 31.1 Å². The first-order valence-electron chi connectivity index (χ1n) is 9.14. The monoisotopic (exact) mass is 404 g/mol. The minimum absolute atomic E-state index is 0.0679. The van der Waals surface area contributed by atoms with Crippen molar-refractivity contribution in [1.29, 1.82) is 0 Å². The number of amides is 1. The van der Waals surface area contributed by atoms with Crippen molar-refractivity contribution >= 4 is 21.6 Å². The van der Waals surface area contributed by atoms with Crippen LogP contribution in [0.5, 0.6) is 11.5 Å². The molecular formula is C20H24N2O5S. The average Bonchev–Trinajstić information content (AvgIpc) is 3.13. The van der Waals surface area contributed by atoms with Crippen molar-refractivity contribution in [1.82, 2.24) is 4.72 Å². The number of sulfonamides is 1. The van der Waals surface area contributed by atoms with Crippen LogP contribution < -0.4 is 19.1 Å². The Morgan fingerprint density at radius 3 is 2.46 bits per heavy atom. The fraction of sp³-hybridized carbons (Fsp3) is 0.350. The van der Waals surface area contributed by atoms with Crippen LogP contribution in [0, 0.1) is 0 Å². The van der Waals surface area contributed by atoms with Crippen LogP contribution in [-0.4, -0.2) is 34.6 Å². The zero-order valence-electron chi connectivity index (χ0n) is 16.0. The predicted molar refractivity (Wildman–Crippen MR) is 106 cm³/mol. The second-order valence-corrected chi connectivity index (χ2v) is 8.15. The topological polar surface area (TPSA) is 84.9 Å². The maximum atomic E-state index is 12.6. The highest BCUT2D eigenvalue weighted by Crippen LogP contribution is 2.28. The van der Waals surface area contributed by atoms with Gasteiger partial charge in [-0.2, -0.15) is 0 Å². The molecule has 7 nitrogen and oxygen atoms in total. The van der Waals surface area contributed by atoms with E-state index in [9.17, 15) is 13.2 Å². The third-order valence-electron chi connectivity index (χ3n) is 4.53. The van der Waals surface area contributed by atoms with Gasteiger partial charge < -0.3 is 14.4 Å². The van der Waals surface area contributed by atoms with Gasteiger partial charge in [-0.25, -0.2) is 13.1 Å². The van der Waals surface area contributed by atoms with E-state index in [1.165, 1.54) is 12.1 Å². The van der Waals surface area contributed by atoms with Crippen LogP contribution in [0.3, 0.4) is 0 Å². The molecule has 1 fully saturated rings. The maximum absolute atomic E-state index is 12.6. The molecule has 0 aliphatic carbocycles. The highest BCUT2D eigenvalue weighted by atomic mass is 32.2. The molecule has 0 saturated carbocycles. The van der Waals surface area contributed by atoms with Gasteiger partial charge in [0.25, 0.3) is 0 Å². The van der Waals surface area contributed by atoms with Crippen molar-refractivity contribution in [2.45, 2.75) is 31.2 Å². The van der Waals surface area contributed by atoms with Gasteiger partial charge in [0.05, 0.1) is 18.6 Å². The van der Waals surface area contributed by atoms with E-state index in [0.717, 1.165) is 17.7 Å². The molecule has 28 heavy (non-hydrogen) atoms. The summed E-state index contributed by atoms with van der Waals surface area (Å²) in [7, 11) is -2.12. The number of benzene rings is 2. The number of hydrogen-bond acceptors (Lipinski definition) is 5. The van der Waals surface area contributed by atoms with Gasteiger partial charge in [0.15, 0.2) is 11.5 Å². The largest absolute Gasteiger partial charge is 0.493 e. The van der Waals surface area contributed by atoms with E-state index in [1.807, 2.05) is 6.92 Å². The SMILES string of the molecule is CCOc1cc(CNS(=O)(=O)c2ccc(N3CCCC3=O)cc2)ccc1OC. The van der Waals surface area contributed by atoms with Crippen molar-refractivity contribution in [3.05, 3.63) is 48.0 Å². The molecular weight excluding hydrogens is 380 g/mol. The van der Waals surface area contributed by atoms with E-state index in [2.05, 4.69) is 4.72 Å². The summed E-state index contributed by atoms with van der Waals surface area (Å²) in [6.45, 7) is 3.15. The number of rotatable bonds is 8. The summed E-state index contributed by atoms with van der Waals surface area (Å²) >= 11 is 0. The molecule has 0 atom stereocenters. The molecule has 0 bridgehead atoms. The molecule has 2 aromatic rings. The lowest BCUT2D eigenvalue weighted by atomic mass is 10.2. The van der Waals surface area contributed by atoms with Crippen LogP contribution in [0.1, 0.15) is 25.3 Å². The summed E-state index contributed by atoms with van der Waals surface area (Å²) in [5, 5.41) is 0. The quantitative estimate of drug-likeness (QED) is 0.731. The molecule has 1 amide bonds. The normalized spacial score (nSPS) is 14.4. The number of carbonyl (C=O) groups excluding carboxylic acids is 1. The Hall–Kier alpha value is -2.58. The second kappa shape index (κ2) is 8.62. The standard InChI is InChI=1S/C20H24N2O5S/c1-3-27-19-13-15(6-11-18(19)26-2)14-21-28(24,25)17-9-7-16(8-10-17)22-12-4-5-20(22)23/h6-11,13,21H,3-5,12,14H2,1-2H3. The van der Waals surface area contributed by atoms with E-state index in [1.54, 1.807) is 42.3 Å². The lowest BCUT2D eigenvalue weighted by molar-refractivity contribution is -0.117. The van der Waals surface area contributed by atoms with E-state index < -0.39 is 10.0 Å². The van der Waals surface area contributed by atoms with Crippen LogP contribution >= 0.6 is 0 Å². The van der Waals surface area contributed by atoms with Gasteiger partial charge in [0.2, 0.25) is 15.9 Å². The summed E-state index contributed by atoms with van der Waals surface area (Å²) < 4.78 is 38.5. The lowest BCUT2D eigenvalue weighted by Gasteiger charge is -2.16. The first-order chi connectivity index (χ1) is 13.4. The van der Waals surface area contributed by atoms with Crippen molar-refractivity contribution in [2.24, 2.45) is 0 Å². The Balaban J connectivity index is 1.70. The van der Waals surface area contributed by atoms with E-state index in [-0.39, 0.29) is 17.3 Å². The highest BCUT2D eigenvalue weighted by molar-refractivity contribution is 7.89. The van der Waals surface area contributed by atoms with Crippen LogP contribution in [0.25, 0.3) is 0 Å². The fourth-order valence-corrected chi connectivity index (χ4v) is 4.11.